The van der Waals surface area contributed by atoms with Crippen LogP contribution in [0.1, 0.15) is 24.0 Å². The van der Waals surface area contributed by atoms with E-state index in [1.165, 1.54) is 34.1 Å². The van der Waals surface area contributed by atoms with Gasteiger partial charge in [-0.05, 0) is 66.1 Å². The first-order chi connectivity index (χ1) is 20.7. The molecule has 0 aliphatic carbocycles. The van der Waals surface area contributed by atoms with Crippen LogP contribution in [-0.4, -0.2) is 45.9 Å². The molecule has 10 nitrogen and oxygen atoms in total. The van der Waals surface area contributed by atoms with E-state index < -0.39 is 12.1 Å². The first kappa shape index (κ1) is 27.5. The van der Waals surface area contributed by atoms with Gasteiger partial charge in [-0.1, -0.05) is 36.4 Å². The van der Waals surface area contributed by atoms with E-state index >= 15 is 0 Å². The van der Waals surface area contributed by atoms with Gasteiger partial charge < -0.3 is 20.8 Å². The monoisotopic (exact) mass is 576 g/mol. The lowest BCUT2D eigenvalue weighted by atomic mass is 10.0. The zero-order valence-electron chi connectivity index (χ0n) is 22.9. The molecule has 6 rings (SSSR count). The van der Waals surface area contributed by atoms with E-state index in [2.05, 4.69) is 10.6 Å². The van der Waals surface area contributed by atoms with Crippen molar-refractivity contribution in [2.24, 2.45) is 0 Å². The van der Waals surface area contributed by atoms with Crippen molar-refractivity contribution < 1.29 is 29.4 Å². The van der Waals surface area contributed by atoms with Gasteiger partial charge in [-0.25, -0.2) is 9.80 Å². The second-order valence-electron chi connectivity index (χ2n) is 10.5. The van der Waals surface area contributed by atoms with Crippen LogP contribution in [0.3, 0.4) is 0 Å². The minimum absolute atomic E-state index is 0.0112. The van der Waals surface area contributed by atoms with E-state index in [0.29, 0.717) is 29.2 Å². The number of benzene rings is 4. The summed E-state index contributed by atoms with van der Waals surface area (Å²) in [4.78, 5) is 53.7. The van der Waals surface area contributed by atoms with Crippen molar-refractivity contribution >= 4 is 46.4 Å². The first-order valence-corrected chi connectivity index (χ1v) is 13.8. The van der Waals surface area contributed by atoms with Crippen molar-refractivity contribution in [2.45, 2.75) is 31.3 Å². The molecule has 2 aliphatic rings. The molecule has 0 bridgehead atoms. The Balaban J connectivity index is 1.08. The zero-order chi connectivity index (χ0) is 30.1. The Morgan fingerprint density at radius 1 is 0.581 bits per heavy atom. The van der Waals surface area contributed by atoms with Crippen molar-refractivity contribution in [3.05, 3.63) is 108 Å². The molecule has 0 aromatic heterocycles. The summed E-state index contributed by atoms with van der Waals surface area (Å²) in [7, 11) is 0. The number of aromatic hydroxyl groups is 2. The molecule has 10 heteroatoms. The third-order valence-corrected chi connectivity index (χ3v) is 7.46. The lowest BCUT2D eigenvalue weighted by molar-refractivity contribution is -0.123. The number of rotatable bonds is 8. The maximum atomic E-state index is 13.0. The van der Waals surface area contributed by atoms with Crippen LogP contribution in [0.25, 0.3) is 0 Å². The average Bonchev–Trinajstić information content (AvgIpc) is 3.42. The number of carbonyl (C=O) groups excluding carboxylic acids is 4. The fraction of sp³-hybridized carbons (Fsp3) is 0.152. The molecule has 43 heavy (non-hydrogen) atoms. The van der Waals surface area contributed by atoms with Crippen LogP contribution in [-0.2, 0) is 25.6 Å². The molecule has 2 unspecified atom stereocenters. The van der Waals surface area contributed by atoms with Crippen LogP contribution in [0.5, 0.6) is 11.5 Å². The summed E-state index contributed by atoms with van der Waals surface area (Å²) in [5, 5.41) is 25.4. The maximum absolute atomic E-state index is 13.0. The molecule has 4 aromatic carbocycles. The van der Waals surface area contributed by atoms with Gasteiger partial charge in [0.15, 0.2) is 0 Å². The molecular weight excluding hydrogens is 548 g/mol. The summed E-state index contributed by atoms with van der Waals surface area (Å²) >= 11 is 0. The first-order valence-electron chi connectivity index (χ1n) is 13.8. The number of amides is 4. The largest absolute Gasteiger partial charge is 0.508 e. The number of hydrogen-bond donors (Lipinski definition) is 4. The van der Waals surface area contributed by atoms with Gasteiger partial charge in [0.05, 0.1) is 24.2 Å². The van der Waals surface area contributed by atoms with Gasteiger partial charge in [0, 0.05) is 23.5 Å². The van der Waals surface area contributed by atoms with Gasteiger partial charge >= 0.3 is 0 Å². The highest BCUT2D eigenvalue weighted by Crippen LogP contribution is 2.29. The number of anilines is 4. The standard InChI is InChI=1S/C33H28N4O6/c38-26-5-1-3-22(16-26)34-28-18-30(40)36(32(28)42)24-11-7-20(8-12-24)15-21-9-13-25(14-10-21)37-31(41)19-29(33(37)43)35-23-4-2-6-27(39)17-23/h1-14,16-17,28-29,34-35,38-39H,15,18-19H2. The predicted octanol–water partition coefficient (Wildman–Crippen LogP) is 4.18. The van der Waals surface area contributed by atoms with Crippen LogP contribution in [0.2, 0.25) is 0 Å². The molecular formula is C33H28N4O6. The number of phenolic OH excluding ortho intramolecular Hbond substituents is 2. The lowest BCUT2D eigenvalue weighted by Gasteiger charge is -2.17. The highest BCUT2D eigenvalue weighted by Gasteiger charge is 2.40. The summed E-state index contributed by atoms with van der Waals surface area (Å²) in [5.41, 5.74) is 3.97. The van der Waals surface area contributed by atoms with Crippen LogP contribution in [0.4, 0.5) is 22.7 Å². The van der Waals surface area contributed by atoms with Gasteiger partial charge in [-0.15, -0.1) is 0 Å². The minimum atomic E-state index is -0.723. The molecule has 0 saturated carbocycles. The normalized spacial score (nSPS) is 18.4. The van der Waals surface area contributed by atoms with Gasteiger partial charge in [0.1, 0.15) is 23.6 Å². The van der Waals surface area contributed by atoms with Crippen molar-refractivity contribution in [1.29, 1.82) is 0 Å². The number of hydrogen-bond acceptors (Lipinski definition) is 8. The number of imide groups is 2. The number of carbonyl (C=O) groups is 4. The SMILES string of the molecule is O=C1CC(Nc2cccc(O)c2)C(=O)N1c1ccc(Cc2ccc(N3C(=O)CC(Nc4cccc(O)c4)C3=O)cc2)cc1. The van der Waals surface area contributed by atoms with Crippen LogP contribution in [0, 0.1) is 0 Å². The second-order valence-corrected chi connectivity index (χ2v) is 10.5. The quantitative estimate of drug-likeness (QED) is 0.229. The topological polar surface area (TPSA) is 139 Å². The Labute approximate surface area is 247 Å². The molecule has 0 radical (unpaired) electrons. The maximum Gasteiger partial charge on any atom is 0.256 e. The van der Waals surface area contributed by atoms with Gasteiger partial charge in [-0.2, -0.15) is 0 Å². The molecule has 2 aliphatic heterocycles. The van der Waals surface area contributed by atoms with Gasteiger partial charge in [0.25, 0.3) is 11.8 Å². The molecule has 4 N–H and O–H groups in total. The van der Waals surface area contributed by atoms with E-state index in [9.17, 15) is 29.4 Å². The van der Waals surface area contributed by atoms with Crippen molar-refractivity contribution in [3.8, 4) is 11.5 Å². The van der Waals surface area contributed by atoms with Crippen molar-refractivity contribution in [1.82, 2.24) is 0 Å². The van der Waals surface area contributed by atoms with E-state index in [4.69, 9.17) is 0 Å². The molecule has 216 valence electrons. The third kappa shape index (κ3) is 5.76. The van der Waals surface area contributed by atoms with Gasteiger partial charge in [-0.3, -0.25) is 19.2 Å². The minimum Gasteiger partial charge on any atom is -0.508 e. The van der Waals surface area contributed by atoms with E-state index in [-0.39, 0.29) is 48.0 Å². The van der Waals surface area contributed by atoms with Crippen LogP contribution < -0.4 is 20.4 Å². The summed E-state index contributed by atoms with van der Waals surface area (Å²) in [6.45, 7) is 0. The predicted molar refractivity (Wildman–Crippen MR) is 161 cm³/mol. The van der Waals surface area contributed by atoms with E-state index in [1.54, 1.807) is 48.5 Å². The highest BCUT2D eigenvalue weighted by atomic mass is 16.3. The lowest BCUT2D eigenvalue weighted by Crippen LogP contribution is -2.34. The fourth-order valence-corrected chi connectivity index (χ4v) is 5.39. The van der Waals surface area contributed by atoms with E-state index in [0.717, 1.165) is 11.1 Å². The number of phenols is 2. The summed E-state index contributed by atoms with van der Waals surface area (Å²) < 4.78 is 0. The molecule has 2 fully saturated rings. The summed E-state index contributed by atoms with van der Waals surface area (Å²) in [5.74, 6) is -1.21. The second kappa shape index (κ2) is 11.3. The van der Waals surface area contributed by atoms with Crippen LogP contribution >= 0.6 is 0 Å². The Hall–Kier alpha value is -5.64. The Kier molecular flexibility index (Phi) is 7.25. The smallest absolute Gasteiger partial charge is 0.256 e. The summed E-state index contributed by atoms with van der Waals surface area (Å²) in [6, 6.07) is 25.7. The van der Waals surface area contributed by atoms with E-state index in [1.807, 2.05) is 24.3 Å². The van der Waals surface area contributed by atoms with Crippen molar-refractivity contribution in [2.75, 3.05) is 20.4 Å². The Morgan fingerprint density at radius 3 is 1.35 bits per heavy atom. The van der Waals surface area contributed by atoms with Crippen LogP contribution in [0.15, 0.2) is 97.1 Å². The number of nitrogens with zero attached hydrogens (tertiary/aromatic N) is 2. The van der Waals surface area contributed by atoms with Gasteiger partial charge in [0.2, 0.25) is 11.8 Å². The fourth-order valence-electron chi connectivity index (χ4n) is 5.39. The van der Waals surface area contributed by atoms with Crippen molar-refractivity contribution in [3.63, 3.8) is 0 Å². The molecule has 4 amide bonds. The summed E-state index contributed by atoms with van der Waals surface area (Å²) in [6.07, 6.45) is 0.586. The molecule has 4 aromatic rings. The molecule has 2 saturated heterocycles. The molecule has 0 spiro atoms. The zero-order valence-corrected chi connectivity index (χ0v) is 22.9. The number of nitrogens with one attached hydrogen (secondary N) is 2. The third-order valence-electron chi connectivity index (χ3n) is 7.46. The molecule has 2 atom stereocenters. The Bertz CT molecular complexity index is 1590. The molecule has 2 heterocycles. The highest BCUT2D eigenvalue weighted by molar-refractivity contribution is 6.24. The average molecular weight is 577 g/mol. The Morgan fingerprint density at radius 2 is 0.977 bits per heavy atom.